The minimum absolute atomic E-state index is 0.200. The summed E-state index contributed by atoms with van der Waals surface area (Å²) in [6.07, 6.45) is 8.02. The summed E-state index contributed by atoms with van der Waals surface area (Å²) in [5, 5.41) is 0. The standard InChI is InChI=1S/C13H22N4/c1-16-6-2-4-10(16)8-13-15-9-12-11(14)5-3-7-17(12)13/h9-11H,2-8,14H2,1H3. The molecule has 2 aliphatic heterocycles. The van der Waals surface area contributed by atoms with Gasteiger partial charge in [0.05, 0.1) is 11.9 Å². The van der Waals surface area contributed by atoms with Crippen molar-refractivity contribution in [1.29, 1.82) is 0 Å². The summed E-state index contributed by atoms with van der Waals surface area (Å²) in [6.45, 7) is 2.34. The maximum absolute atomic E-state index is 6.12. The Morgan fingerprint density at radius 2 is 2.18 bits per heavy atom. The maximum atomic E-state index is 6.12. The molecule has 0 saturated carbocycles. The van der Waals surface area contributed by atoms with E-state index in [2.05, 4.69) is 21.5 Å². The van der Waals surface area contributed by atoms with Crippen molar-refractivity contribution in [3.8, 4) is 0 Å². The van der Waals surface area contributed by atoms with E-state index in [4.69, 9.17) is 5.73 Å². The third kappa shape index (κ3) is 2.00. The van der Waals surface area contributed by atoms with Crippen molar-refractivity contribution in [3.63, 3.8) is 0 Å². The van der Waals surface area contributed by atoms with Gasteiger partial charge >= 0.3 is 0 Å². The number of aromatic nitrogens is 2. The van der Waals surface area contributed by atoms with Crippen molar-refractivity contribution >= 4 is 0 Å². The topological polar surface area (TPSA) is 47.1 Å². The van der Waals surface area contributed by atoms with E-state index in [0.717, 1.165) is 19.4 Å². The third-order valence-corrected chi connectivity index (χ3v) is 4.34. The van der Waals surface area contributed by atoms with Crippen molar-refractivity contribution in [2.24, 2.45) is 5.73 Å². The molecule has 1 saturated heterocycles. The molecular weight excluding hydrogens is 212 g/mol. The largest absolute Gasteiger partial charge is 0.331 e. The predicted molar refractivity (Wildman–Crippen MR) is 67.7 cm³/mol. The van der Waals surface area contributed by atoms with Gasteiger partial charge in [0.2, 0.25) is 0 Å². The highest BCUT2D eigenvalue weighted by molar-refractivity contribution is 5.13. The third-order valence-electron chi connectivity index (χ3n) is 4.34. The van der Waals surface area contributed by atoms with Crippen molar-refractivity contribution < 1.29 is 0 Å². The Labute approximate surface area is 103 Å². The van der Waals surface area contributed by atoms with Crippen LogP contribution in [0, 0.1) is 0 Å². The van der Waals surface area contributed by atoms with Crippen LogP contribution in [0.3, 0.4) is 0 Å². The average molecular weight is 234 g/mol. The van der Waals surface area contributed by atoms with E-state index in [9.17, 15) is 0 Å². The first kappa shape index (κ1) is 11.2. The lowest BCUT2D eigenvalue weighted by Crippen LogP contribution is -2.29. The molecule has 0 bridgehead atoms. The molecule has 0 amide bonds. The molecule has 94 valence electrons. The molecule has 4 heteroatoms. The molecule has 0 aromatic carbocycles. The Hall–Kier alpha value is -0.870. The van der Waals surface area contributed by atoms with E-state index >= 15 is 0 Å². The molecular formula is C13H22N4. The minimum Gasteiger partial charge on any atom is -0.331 e. The molecule has 2 unspecified atom stereocenters. The van der Waals surface area contributed by atoms with E-state index in [-0.39, 0.29) is 6.04 Å². The van der Waals surface area contributed by atoms with Gasteiger partial charge in [-0.2, -0.15) is 0 Å². The van der Waals surface area contributed by atoms with Crippen LogP contribution < -0.4 is 5.73 Å². The zero-order valence-corrected chi connectivity index (χ0v) is 10.6. The average Bonchev–Trinajstić information content (AvgIpc) is 2.89. The van der Waals surface area contributed by atoms with Crippen molar-refractivity contribution in [2.45, 2.75) is 50.7 Å². The zero-order valence-electron chi connectivity index (χ0n) is 10.6. The van der Waals surface area contributed by atoms with E-state index < -0.39 is 0 Å². The smallest absolute Gasteiger partial charge is 0.110 e. The van der Waals surface area contributed by atoms with E-state index in [1.54, 1.807) is 0 Å². The van der Waals surface area contributed by atoms with Gasteiger partial charge in [-0.1, -0.05) is 0 Å². The van der Waals surface area contributed by atoms with Gasteiger partial charge in [-0.05, 0) is 39.3 Å². The maximum Gasteiger partial charge on any atom is 0.110 e. The first-order valence-electron chi connectivity index (χ1n) is 6.76. The fourth-order valence-electron chi connectivity index (χ4n) is 3.21. The summed E-state index contributed by atoms with van der Waals surface area (Å²) in [4.78, 5) is 7.07. The minimum atomic E-state index is 0.200. The molecule has 0 radical (unpaired) electrons. The van der Waals surface area contributed by atoms with Crippen LogP contribution in [0.4, 0.5) is 0 Å². The van der Waals surface area contributed by atoms with E-state index in [1.165, 1.54) is 37.3 Å². The highest BCUT2D eigenvalue weighted by atomic mass is 15.2. The number of nitrogens with two attached hydrogens (primary N) is 1. The number of rotatable bonds is 2. The fourth-order valence-corrected chi connectivity index (χ4v) is 3.21. The van der Waals surface area contributed by atoms with Gasteiger partial charge in [0.25, 0.3) is 0 Å². The van der Waals surface area contributed by atoms with Crippen LogP contribution in [0.5, 0.6) is 0 Å². The first-order chi connectivity index (χ1) is 8.25. The number of nitrogens with zero attached hydrogens (tertiary/aromatic N) is 3. The molecule has 0 spiro atoms. The van der Waals surface area contributed by atoms with Crippen LogP contribution in [-0.4, -0.2) is 34.1 Å². The summed E-state index contributed by atoms with van der Waals surface area (Å²) >= 11 is 0. The van der Waals surface area contributed by atoms with Gasteiger partial charge in [-0.3, -0.25) is 0 Å². The second-order valence-corrected chi connectivity index (χ2v) is 5.48. The summed E-state index contributed by atoms with van der Waals surface area (Å²) in [7, 11) is 2.23. The SMILES string of the molecule is CN1CCCC1Cc1ncc2n1CCCC2N. The quantitative estimate of drug-likeness (QED) is 0.839. The molecule has 1 aromatic heterocycles. The highest BCUT2D eigenvalue weighted by Gasteiger charge is 2.25. The van der Waals surface area contributed by atoms with Crippen LogP contribution in [0.2, 0.25) is 0 Å². The second-order valence-electron chi connectivity index (χ2n) is 5.48. The molecule has 0 aliphatic carbocycles. The van der Waals surface area contributed by atoms with Gasteiger partial charge in [0, 0.05) is 25.0 Å². The van der Waals surface area contributed by atoms with E-state index in [0.29, 0.717) is 6.04 Å². The summed E-state index contributed by atoms with van der Waals surface area (Å²) in [5.74, 6) is 1.24. The number of likely N-dealkylation sites (N-methyl/N-ethyl adjacent to an activating group) is 1. The lowest BCUT2D eigenvalue weighted by molar-refractivity contribution is 0.301. The Bertz CT molecular complexity index is 398. The van der Waals surface area contributed by atoms with Crippen molar-refractivity contribution in [2.75, 3.05) is 13.6 Å². The Kier molecular flexibility index (Phi) is 2.92. The lowest BCUT2D eigenvalue weighted by Gasteiger charge is -2.24. The normalized spacial score (nSPS) is 29.5. The summed E-state index contributed by atoms with van der Waals surface area (Å²) < 4.78 is 2.36. The molecule has 3 heterocycles. The van der Waals surface area contributed by atoms with Crippen molar-refractivity contribution in [1.82, 2.24) is 14.5 Å². The molecule has 17 heavy (non-hydrogen) atoms. The van der Waals surface area contributed by atoms with Gasteiger partial charge in [-0.15, -0.1) is 0 Å². The monoisotopic (exact) mass is 234 g/mol. The van der Waals surface area contributed by atoms with E-state index in [1.807, 2.05) is 6.20 Å². The predicted octanol–water partition coefficient (Wildman–Crippen LogP) is 1.31. The molecule has 1 fully saturated rings. The number of fused-ring (bicyclic) bond motifs is 1. The van der Waals surface area contributed by atoms with Crippen LogP contribution in [-0.2, 0) is 13.0 Å². The van der Waals surface area contributed by atoms with Crippen LogP contribution >= 0.6 is 0 Å². The van der Waals surface area contributed by atoms with Crippen molar-refractivity contribution in [3.05, 3.63) is 17.7 Å². The number of hydrogen-bond donors (Lipinski definition) is 1. The van der Waals surface area contributed by atoms with Gasteiger partial charge in [0.1, 0.15) is 5.82 Å². The Balaban J connectivity index is 1.79. The first-order valence-corrected chi connectivity index (χ1v) is 6.76. The summed E-state index contributed by atoms with van der Waals surface area (Å²) in [5.41, 5.74) is 7.37. The molecule has 4 nitrogen and oxygen atoms in total. The summed E-state index contributed by atoms with van der Waals surface area (Å²) in [6, 6.07) is 0.881. The number of likely N-dealkylation sites (tertiary alicyclic amines) is 1. The van der Waals surface area contributed by atoms with Crippen LogP contribution in [0.15, 0.2) is 6.20 Å². The molecule has 2 aliphatic rings. The molecule has 1 aromatic rings. The zero-order chi connectivity index (χ0) is 11.8. The number of hydrogen-bond acceptors (Lipinski definition) is 3. The van der Waals surface area contributed by atoms with Gasteiger partial charge < -0.3 is 15.2 Å². The van der Waals surface area contributed by atoms with Gasteiger partial charge in [0.15, 0.2) is 0 Å². The number of imidazole rings is 1. The molecule has 2 N–H and O–H groups in total. The molecule has 3 rings (SSSR count). The Morgan fingerprint density at radius 1 is 1.35 bits per heavy atom. The lowest BCUT2D eigenvalue weighted by atomic mass is 10.1. The highest BCUT2D eigenvalue weighted by Crippen LogP contribution is 2.26. The molecule has 2 atom stereocenters. The second kappa shape index (κ2) is 4.42. The fraction of sp³-hybridized carbons (Fsp3) is 0.769. The van der Waals surface area contributed by atoms with Gasteiger partial charge in [-0.25, -0.2) is 4.98 Å². The van der Waals surface area contributed by atoms with Crippen LogP contribution in [0.1, 0.15) is 43.2 Å². The van der Waals surface area contributed by atoms with Crippen LogP contribution in [0.25, 0.3) is 0 Å². The Morgan fingerprint density at radius 3 is 2.94 bits per heavy atom.